The lowest BCUT2D eigenvalue weighted by atomic mass is 9.88. The first-order valence-electron chi connectivity index (χ1n) is 5.08. The molecule has 0 saturated heterocycles. The molecule has 0 aliphatic carbocycles. The minimum absolute atomic E-state index is 0.162. The Bertz CT molecular complexity index is 583. The topological polar surface area (TPSA) is 74.6 Å². The van der Waals surface area contributed by atoms with Crippen molar-refractivity contribution in [1.82, 2.24) is 0 Å². The fraction of sp³-hybridized carbons (Fsp3) is 0.273. The van der Waals surface area contributed by atoms with Crippen molar-refractivity contribution in [3.63, 3.8) is 0 Å². The lowest BCUT2D eigenvalue weighted by Crippen LogP contribution is -2.45. The fourth-order valence-corrected chi connectivity index (χ4v) is 1.66. The molecule has 10 heteroatoms. The Labute approximate surface area is 112 Å². The third-order valence-corrected chi connectivity index (χ3v) is 2.61. The maximum Gasteiger partial charge on any atom is 0.432 e. The molecule has 0 aliphatic heterocycles. The van der Waals surface area contributed by atoms with Gasteiger partial charge in [-0.15, -0.1) is 0 Å². The summed E-state index contributed by atoms with van der Waals surface area (Å²) < 4.78 is 77.0. The van der Waals surface area contributed by atoms with Crippen LogP contribution in [0.4, 0.5) is 26.3 Å². The zero-order valence-electron chi connectivity index (χ0n) is 9.79. The molecule has 1 unspecified atom stereocenters. The van der Waals surface area contributed by atoms with Crippen LogP contribution in [0, 0.1) is 0 Å². The smallest absolute Gasteiger partial charge is 0.432 e. The summed E-state index contributed by atoms with van der Waals surface area (Å²) in [5.41, 5.74) is -10.2. The quantitative estimate of drug-likeness (QED) is 0.837. The average molecular weight is 316 g/mol. The van der Waals surface area contributed by atoms with Crippen LogP contribution in [0.5, 0.6) is 0 Å². The molecule has 1 aromatic rings. The van der Waals surface area contributed by atoms with Gasteiger partial charge >= 0.3 is 18.1 Å². The summed E-state index contributed by atoms with van der Waals surface area (Å²) in [5, 5.41) is 17.5. The van der Waals surface area contributed by atoms with E-state index in [9.17, 15) is 35.9 Å². The predicted molar refractivity (Wildman–Crippen MR) is 55.2 cm³/mol. The first-order chi connectivity index (χ1) is 9.44. The van der Waals surface area contributed by atoms with Gasteiger partial charge in [-0.25, -0.2) is 22.8 Å². The second-order valence-electron chi connectivity index (χ2n) is 3.85. The minimum Gasteiger partial charge on any atom is -0.478 e. The van der Waals surface area contributed by atoms with Gasteiger partial charge in [-0.2, -0.15) is 13.2 Å². The van der Waals surface area contributed by atoms with Crippen molar-refractivity contribution in [3.05, 3.63) is 34.9 Å². The monoisotopic (exact) mass is 316 g/mol. The van der Waals surface area contributed by atoms with Gasteiger partial charge < -0.3 is 10.2 Å². The molecular weight excluding hydrogens is 310 g/mol. The van der Waals surface area contributed by atoms with Gasteiger partial charge in [-0.1, -0.05) is 12.1 Å². The molecule has 2 N–H and O–H groups in total. The van der Waals surface area contributed by atoms with Gasteiger partial charge in [0.05, 0.1) is 11.1 Å². The fourth-order valence-electron chi connectivity index (χ4n) is 1.66. The van der Waals surface area contributed by atoms with Crippen LogP contribution in [0.15, 0.2) is 18.2 Å². The number of carboxylic acids is 2. The lowest BCUT2D eigenvalue weighted by Gasteiger charge is -2.28. The van der Waals surface area contributed by atoms with E-state index in [1.54, 1.807) is 0 Å². The number of carbonyl (C=O) groups is 2. The number of halogens is 6. The van der Waals surface area contributed by atoms with Gasteiger partial charge in [0.15, 0.2) is 0 Å². The minimum atomic E-state index is -6.14. The molecule has 0 saturated carbocycles. The summed E-state index contributed by atoms with van der Waals surface area (Å²) in [6.07, 6.45) is -10.8. The second-order valence-corrected chi connectivity index (χ2v) is 3.85. The maximum atomic E-state index is 13.9. The van der Waals surface area contributed by atoms with E-state index >= 15 is 0 Å². The molecular formula is C11H6F6O4. The van der Waals surface area contributed by atoms with Gasteiger partial charge in [-0.3, -0.25) is 0 Å². The largest absolute Gasteiger partial charge is 0.478 e. The molecule has 4 nitrogen and oxygen atoms in total. The average Bonchev–Trinajstić information content (AvgIpc) is 2.34. The Morgan fingerprint density at radius 3 is 1.86 bits per heavy atom. The van der Waals surface area contributed by atoms with E-state index in [0.717, 1.165) is 0 Å². The molecule has 0 radical (unpaired) electrons. The van der Waals surface area contributed by atoms with E-state index in [2.05, 4.69) is 0 Å². The van der Waals surface area contributed by atoms with Crippen molar-refractivity contribution in [2.24, 2.45) is 0 Å². The van der Waals surface area contributed by atoms with Crippen LogP contribution < -0.4 is 0 Å². The van der Waals surface area contributed by atoms with Crippen LogP contribution in [-0.4, -0.2) is 34.8 Å². The zero-order chi connectivity index (χ0) is 16.6. The van der Waals surface area contributed by atoms with E-state index in [1.165, 1.54) is 0 Å². The summed E-state index contributed by atoms with van der Waals surface area (Å²) in [6.45, 7) is 0. The molecule has 0 bridgehead atoms. The number of aromatic carboxylic acids is 2. The highest BCUT2D eigenvalue weighted by molar-refractivity contribution is 6.03. The first kappa shape index (κ1) is 16.8. The molecule has 0 amide bonds. The van der Waals surface area contributed by atoms with Gasteiger partial charge in [0.2, 0.25) is 0 Å². The van der Waals surface area contributed by atoms with Crippen molar-refractivity contribution < 1.29 is 46.1 Å². The van der Waals surface area contributed by atoms with Gasteiger partial charge in [0.1, 0.15) is 0 Å². The summed E-state index contributed by atoms with van der Waals surface area (Å²) in [6, 6.07) is 1.28. The standard InChI is InChI=1S/C11H6F6O4/c12-9(13)10(14,11(15,16)17)5-3-1-2-4(7(18)19)6(5)8(20)21/h1-3,9H,(H,18,19)(H,20,21). The van der Waals surface area contributed by atoms with Crippen LogP contribution >= 0.6 is 0 Å². The number of hydrogen-bond donors (Lipinski definition) is 2. The van der Waals surface area contributed by atoms with E-state index < -0.39 is 46.9 Å². The van der Waals surface area contributed by atoms with Crippen LogP contribution in [-0.2, 0) is 5.67 Å². The van der Waals surface area contributed by atoms with E-state index in [4.69, 9.17) is 10.2 Å². The van der Waals surface area contributed by atoms with E-state index in [-0.39, 0.29) is 6.07 Å². The Balaban J connectivity index is 3.81. The molecule has 21 heavy (non-hydrogen) atoms. The summed E-state index contributed by atoms with van der Waals surface area (Å²) >= 11 is 0. The SMILES string of the molecule is O=C(O)c1cccc(C(F)(C(F)F)C(F)(F)F)c1C(=O)O. The third kappa shape index (κ3) is 2.65. The Morgan fingerprint density at radius 1 is 1.00 bits per heavy atom. The summed E-state index contributed by atoms with van der Waals surface area (Å²) in [7, 11) is 0. The molecule has 0 aromatic heterocycles. The lowest BCUT2D eigenvalue weighted by molar-refractivity contribution is -0.274. The van der Waals surface area contributed by atoms with Crippen molar-refractivity contribution in [3.8, 4) is 0 Å². The first-order valence-corrected chi connectivity index (χ1v) is 5.08. The Hall–Kier alpha value is -2.26. The van der Waals surface area contributed by atoms with Crippen molar-refractivity contribution in [2.45, 2.75) is 18.3 Å². The highest BCUT2D eigenvalue weighted by atomic mass is 19.4. The maximum absolute atomic E-state index is 13.9. The van der Waals surface area contributed by atoms with Crippen molar-refractivity contribution >= 4 is 11.9 Å². The molecule has 116 valence electrons. The normalized spacial score (nSPS) is 14.8. The van der Waals surface area contributed by atoms with E-state index in [0.29, 0.717) is 12.1 Å². The van der Waals surface area contributed by atoms with E-state index in [1.807, 2.05) is 0 Å². The molecule has 0 heterocycles. The highest BCUT2D eigenvalue weighted by Crippen LogP contribution is 2.48. The molecule has 1 rings (SSSR count). The summed E-state index contributed by atoms with van der Waals surface area (Å²) in [4.78, 5) is 21.7. The van der Waals surface area contributed by atoms with Gasteiger partial charge in [0, 0.05) is 5.56 Å². The second kappa shape index (κ2) is 5.26. The van der Waals surface area contributed by atoms with Crippen molar-refractivity contribution in [1.29, 1.82) is 0 Å². The zero-order valence-corrected chi connectivity index (χ0v) is 9.79. The number of benzene rings is 1. The number of alkyl halides is 6. The number of hydrogen-bond acceptors (Lipinski definition) is 2. The molecule has 1 aromatic carbocycles. The Morgan fingerprint density at radius 2 is 1.52 bits per heavy atom. The van der Waals surface area contributed by atoms with Crippen molar-refractivity contribution in [2.75, 3.05) is 0 Å². The number of rotatable bonds is 4. The van der Waals surface area contributed by atoms with Crippen LogP contribution in [0.1, 0.15) is 26.3 Å². The molecule has 0 fully saturated rings. The van der Waals surface area contributed by atoms with Crippen LogP contribution in [0.2, 0.25) is 0 Å². The highest BCUT2D eigenvalue weighted by Gasteiger charge is 2.65. The third-order valence-electron chi connectivity index (χ3n) is 2.61. The van der Waals surface area contributed by atoms with Gasteiger partial charge in [-0.05, 0) is 6.07 Å². The Kier molecular flexibility index (Phi) is 4.21. The summed E-state index contributed by atoms with van der Waals surface area (Å²) in [5.74, 6) is -4.26. The van der Waals surface area contributed by atoms with Crippen LogP contribution in [0.3, 0.4) is 0 Å². The predicted octanol–water partition coefficient (Wildman–Crippen LogP) is 3.08. The molecule has 1 atom stereocenters. The van der Waals surface area contributed by atoms with Crippen LogP contribution in [0.25, 0.3) is 0 Å². The molecule has 0 spiro atoms. The van der Waals surface area contributed by atoms with Gasteiger partial charge in [0.25, 0.3) is 12.1 Å². The number of carboxylic acid groups (broad SMARTS) is 2. The molecule has 0 aliphatic rings.